The zero-order valence-electron chi connectivity index (χ0n) is 10.2. The molecule has 2 aromatic rings. The van der Waals surface area contributed by atoms with E-state index < -0.39 is 6.10 Å². The van der Waals surface area contributed by atoms with Gasteiger partial charge < -0.3 is 15.9 Å². The molecule has 6 nitrogen and oxygen atoms in total. The fourth-order valence-electron chi connectivity index (χ4n) is 1.80. The molecule has 1 atom stereocenters. The molecule has 0 aliphatic heterocycles. The van der Waals surface area contributed by atoms with Gasteiger partial charge >= 0.3 is 0 Å². The number of rotatable bonds is 5. The first kappa shape index (κ1) is 13.6. The second-order valence-corrected chi connectivity index (χ2v) is 4.11. The van der Waals surface area contributed by atoms with Crippen LogP contribution in [0.5, 0.6) is 0 Å². The number of halogens is 1. The molecule has 0 fully saturated rings. The van der Waals surface area contributed by atoms with Gasteiger partial charge in [0.25, 0.3) is 0 Å². The molecular formula is C12H15FN4O2. The van der Waals surface area contributed by atoms with Crippen LogP contribution < -0.4 is 5.73 Å². The SMILES string of the molecule is NCc1nnn(CC(O)CO)c1-c1ccc(F)cc1. The molecule has 1 heterocycles. The Bertz CT molecular complexity index is 541. The monoisotopic (exact) mass is 266 g/mol. The van der Waals surface area contributed by atoms with Gasteiger partial charge in [0.05, 0.1) is 24.9 Å². The fourth-order valence-corrected chi connectivity index (χ4v) is 1.80. The van der Waals surface area contributed by atoms with E-state index in [1.54, 1.807) is 12.1 Å². The van der Waals surface area contributed by atoms with Gasteiger partial charge in [0.15, 0.2) is 0 Å². The highest BCUT2D eigenvalue weighted by atomic mass is 19.1. The summed E-state index contributed by atoms with van der Waals surface area (Å²) in [6.45, 7) is -0.0984. The van der Waals surface area contributed by atoms with E-state index in [2.05, 4.69) is 10.3 Å². The molecule has 0 aliphatic rings. The predicted molar refractivity (Wildman–Crippen MR) is 66.4 cm³/mol. The maximum absolute atomic E-state index is 12.9. The number of aliphatic hydroxyl groups excluding tert-OH is 2. The Morgan fingerprint density at radius 1 is 1.32 bits per heavy atom. The van der Waals surface area contributed by atoms with Crippen LogP contribution in [0.15, 0.2) is 24.3 Å². The molecule has 2 rings (SSSR count). The first-order valence-electron chi connectivity index (χ1n) is 5.83. The summed E-state index contributed by atoms with van der Waals surface area (Å²) in [4.78, 5) is 0. The quantitative estimate of drug-likeness (QED) is 0.702. The number of nitrogens with zero attached hydrogens (tertiary/aromatic N) is 3. The second kappa shape index (κ2) is 5.87. The van der Waals surface area contributed by atoms with Crippen LogP contribution in [0.2, 0.25) is 0 Å². The highest BCUT2D eigenvalue weighted by molar-refractivity contribution is 5.61. The van der Waals surface area contributed by atoms with Crippen molar-refractivity contribution in [1.29, 1.82) is 0 Å². The van der Waals surface area contributed by atoms with Crippen LogP contribution in [0.1, 0.15) is 5.69 Å². The molecule has 0 spiro atoms. The largest absolute Gasteiger partial charge is 0.394 e. The zero-order valence-corrected chi connectivity index (χ0v) is 10.2. The standard InChI is InChI=1S/C12H15FN4O2/c13-9-3-1-8(2-4-9)12-11(5-14)15-16-17(12)6-10(19)7-18/h1-4,10,18-19H,5-7,14H2. The van der Waals surface area contributed by atoms with Crippen LogP contribution in [0, 0.1) is 5.82 Å². The van der Waals surface area contributed by atoms with Gasteiger partial charge in [0, 0.05) is 12.1 Å². The number of hydrogen-bond donors (Lipinski definition) is 3. The van der Waals surface area contributed by atoms with Crippen molar-refractivity contribution in [2.75, 3.05) is 6.61 Å². The fraction of sp³-hybridized carbons (Fsp3) is 0.333. The lowest BCUT2D eigenvalue weighted by Crippen LogP contribution is -2.21. The van der Waals surface area contributed by atoms with E-state index in [0.29, 0.717) is 17.0 Å². The summed E-state index contributed by atoms with van der Waals surface area (Å²) in [5.74, 6) is -0.340. The van der Waals surface area contributed by atoms with E-state index in [-0.39, 0.29) is 25.5 Å². The molecule has 1 aromatic heterocycles. The van der Waals surface area contributed by atoms with Crippen molar-refractivity contribution in [3.05, 3.63) is 35.8 Å². The molecule has 1 aromatic carbocycles. The Morgan fingerprint density at radius 3 is 2.58 bits per heavy atom. The van der Waals surface area contributed by atoms with E-state index in [1.807, 2.05) is 0 Å². The maximum Gasteiger partial charge on any atom is 0.123 e. The molecule has 1 unspecified atom stereocenters. The van der Waals surface area contributed by atoms with Crippen LogP contribution in [-0.2, 0) is 13.1 Å². The van der Waals surface area contributed by atoms with Crippen molar-refractivity contribution in [2.24, 2.45) is 5.73 Å². The molecule has 4 N–H and O–H groups in total. The summed E-state index contributed by atoms with van der Waals surface area (Å²) in [7, 11) is 0. The van der Waals surface area contributed by atoms with Crippen molar-refractivity contribution in [1.82, 2.24) is 15.0 Å². The summed E-state index contributed by atoms with van der Waals surface area (Å²) < 4.78 is 14.4. The third kappa shape index (κ3) is 2.95. The van der Waals surface area contributed by atoms with Gasteiger partial charge in [-0.05, 0) is 24.3 Å². The van der Waals surface area contributed by atoms with Crippen molar-refractivity contribution >= 4 is 0 Å². The summed E-state index contributed by atoms with van der Waals surface area (Å²) in [6.07, 6.45) is -0.938. The summed E-state index contributed by atoms with van der Waals surface area (Å²) in [5.41, 5.74) is 7.47. The summed E-state index contributed by atoms with van der Waals surface area (Å²) in [6, 6.07) is 5.84. The smallest absolute Gasteiger partial charge is 0.123 e. The lowest BCUT2D eigenvalue weighted by molar-refractivity contribution is 0.0782. The molecule has 0 saturated carbocycles. The van der Waals surface area contributed by atoms with E-state index >= 15 is 0 Å². The van der Waals surface area contributed by atoms with Crippen molar-refractivity contribution in [3.63, 3.8) is 0 Å². The maximum atomic E-state index is 12.9. The zero-order chi connectivity index (χ0) is 13.8. The van der Waals surface area contributed by atoms with Crippen LogP contribution in [-0.4, -0.2) is 37.9 Å². The molecule has 0 aliphatic carbocycles. The molecular weight excluding hydrogens is 251 g/mol. The Hall–Kier alpha value is -1.83. The number of nitrogens with two attached hydrogens (primary N) is 1. The van der Waals surface area contributed by atoms with Crippen LogP contribution in [0.25, 0.3) is 11.3 Å². The van der Waals surface area contributed by atoms with Gasteiger partial charge in [0.1, 0.15) is 11.5 Å². The Kier molecular flexibility index (Phi) is 4.20. The van der Waals surface area contributed by atoms with E-state index in [4.69, 9.17) is 10.8 Å². The van der Waals surface area contributed by atoms with Crippen molar-refractivity contribution in [3.8, 4) is 11.3 Å². The van der Waals surface area contributed by atoms with Gasteiger partial charge in [-0.3, -0.25) is 0 Å². The molecule has 0 amide bonds. The number of hydrogen-bond acceptors (Lipinski definition) is 5. The van der Waals surface area contributed by atoms with E-state index in [1.165, 1.54) is 16.8 Å². The minimum Gasteiger partial charge on any atom is -0.394 e. The van der Waals surface area contributed by atoms with E-state index in [0.717, 1.165) is 0 Å². The molecule has 7 heteroatoms. The average molecular weight is 266 g/mol. The minimum atomic E-state index is -0.938. The Labute approximate surface area is 109 Å². The lowest BCUT2D eigenvalue weighted by Gasteiger charge is -2.11. The number of aromatic nitrogens is 3. The molecule has 102 valence electrons. The van der Waals surface area contributed by atoms with Crippen LogP contribution in [0.3, 0.4) is 0 Å². The van der Waals surface area contributed by atoms with Gasteiger partial charge in [-0.1, -0.05) is 5.21 Å². The van der Waals surface area contributed by atoms with Gasteiger partial charge in [-0.15, -0.1) is 5.10 Å². The first-order chi connectivity index (χ1) is 9.15. The molecule has 0 bridgehead atoms. The highest BCUT2D eigenvalue weighted by Gasteiger charge is 2.16. The first-order valence-corrected chi connectivity index (χ1v) is 5.83. The molecule has 19 heavy (non-hydrogen) atoms. The van der Waals surface area contributed by atoms with Gasteiger partial charge in [-0.25, -0.2) is 9.07 Å². The second-order valence-electron chi connectivity index (χ2n) is 4.11. The Balaban J connectivity index is 2.41. The topological polar surface area (TPSA) is 97.2 Å². The van der Waals surface area contributed by atoms with Crippen LogP contribution >= 0.6 is 0 Å². The third-order valence-corrected chi connectivity index (χ3v) is 2.71. The summed E-state index contributed by atoms with van der Waals surface area (Å²) >= 11 is 0. The lowest BCUT2D eigenvalue weighted by atomic mass is 10.1. The molecule has 0 saturated heterocycles. The number of aliphatic hydroxyl groups is 2. The molecule has 0 radical (unpaired) electrons. The summed E-state index contributed by atoms with van der Waals surface area (Å²) in [5, 5.41) is 26.2. The predicted octanol–water partition coefficient (Wildman–Crippen LogP) is -0.104. The van der Waals surface area contributed by atoms with E-state index in [9.17, 15) is 9.50 Å². The highest BCUT2D eigenvalue weighted by Crippen LogP contribution is 2.22. The minimum absolute atomic E-state index is 0.0935. The normalized spacial score (nSPS) is 12.6. The number of benzene rings is 1. The van der Waals surface area contributed by atoms with Gasteiger partial charge in [0.2, 0.25) is 0 Å². The van der Waals surface area contributed by atoms with Crippen molar-refractivity contribution < 1.29 is 14.6 Å². The van der Waals surface area contributed by atoms with Gasteiger partial charge in [-0.2, -0.15) is 0 Å². The third-order valence-electron chi connectivity index (χ3n) is 2.71. The average Bonchev–Trinajstić information content (AvgIpc) is 2.82. The van der Waals surface area contributed by atoms with Crippen LogP contribution in [0.4, 0.5) is 4.39 Å². The Morgan fingerprint density at radius 2 is 2.00 bits per heavy atom. The van der Waals surface area contributed by atoms with Crippen molar-refractivity contribution in [2.45, 2.75) is 19.2 Å².